The number of hydrogen-bond donors (Lipinski definition) is 1. The molecule has 18 heavy (non-hydrogen) atoms. The molecule has 0 aliphatic heterocycles. The van der Waals surface area contributed by atoms with Crippen molar-refractivity contribution in [3.8, 4) is 11.5 Å². The Hall–Kier alpha value is -1.71. The Morgan fingerprint density at radius 1 is 1.22 bits per heavy atom. The molecule has 1 rings (SSSR count). The highest BCUT2D eigenvalue weighted by Gasteiger charge is 2.04. The fraction of sp³-hybridized carbons (Fsp3) is 0.500. The Balaban J connectivity index is 2.54. The highest BCUT2D eigenvalue weighted by molar-refractivity contribution is 5.80. The molecule has 0 saturated heterocycles. The lowest BCUT2D eigenvalue weighted by molar-refractivity contribution is 0.285. The molecule has 1 aromatic rings. The number of oxime groups is 1. The van der Waals surface area contributed by atoms with Crippen LogP contribution in [-0.4, -0.2) is 25.1 Å². The van der Waals surface area contributed by atoms with Crippen molar-refractivity contribution in [3.63, 3.8) is 0 Å². The van der Waals surface area contributed by atoms with Gasteiger partial charge in [0.05, 0.1) is 19.9 Å². The van der Waals surface area contributed by atoms with Crippen LogP contribution in [0.1, 0.15) is 38.2 Å². The van der Waals surface area contributed by atoms with E-state index in [4.69, 9.17) is 14.7 Å². The number of methoxy groups -OCH3 is 1. The summed E-state index contributed by atoms with van der Waals surface area (Å²) in [6, 6.07) is 5.43. The summed E-state index contributed by atoms with van der Waals surface area (Å²) < 4.78 is 10.9. The molecule has 1 aromatic carbocycles. The Kier molecular flexibility index (Phi) is 6.69. The Morgan fingerprint density at radius 2 is 2.06 bits per heavy atom. The van der Waals surface area contributed by atoms with E-state index in [9.17, 15) is 0 Å². The predicted octanol–water partition coefficient (Wildman–Crippen LogP) is 3.46. The first kappa shape index (κ1) is 14.4. The first-order valence-electron chi connectivity index (χ1n) is 6.30. The predicted molar refractivity (Wildman–Crippen MR) is 72.0 cm³/mol. The molecule has 4 nitrogen and oxygen atoms in total. The third-order valence-corrected chi connectivity index (χ3v) is 2.65. The van der Waals surface area contributed by atoms with Crippen LogP contribution in [0.2, 0.25) is 0 Å². The van der Waals surface area contributed by atoms with Crippen LogP contribution in [0.3, 0.4) is 0 Å². The molecule has 0 aliphatic rings. The molecule has 1 N–H and O–H groups in total. The lowest BCUT2D eigenvalue weighted by Gasteiger charge is -2.11. The van der Waals surface area contributed by atoms with Crippen molar-refractivity contribution in [1.29, 1.82) is 0 Å². The van der Waals surface area contributed by atoms with Crippen molar-refractivity contribution in [3.05, 3.63) is 23.8 Å². The van der Waals surface area contributed by atoms with Crippen LogP contribution in [0.25, 0.3) is 0 Å². The molecule has 100 valence electrons. The molecular formula is C14H21NO3. The molecule has 4 heteroatoms. The van der Waals surface area contributed by atoms with E-state index < -0.39 is 0 Å². The van der Waals surface area contributed by atoms with E-state index in [0.717, 1.165) is 17.7 Å². The lowest BCUT2D eigenvalue weighted by atomic mass is 10.2. The number of benzene rings is 1. The maximum Gasteiger partial charge on any atom is 0.161 e. The third kappa shape index (κ3) is 4.65. The molecule has 0 aliphatic carbocycles. The molecular weight excluding hydrogens is 230 g/mol. The van der Waals surface area contributed by atoms with Gasteiger partial charge in [0.2, 0.25) is 0 Å². The standard InChI is InChI=1S/C14H21NO3/c1-3-4-5-6-9-18-13-8-7-12(11-15-16)10-14(13)17-2/h7-8,10-11,16H,3-6,9H2,1-2H3/b15-11+. The van der Waals surface area contributed by atoms with Crippen LogP contribution in [0.4, 0.5) is 0 Å². The van der Waals surface area contributed by atoms with Gasteiger partial charge in [-0.05, 0) is 24.6 Å². The minimum atomic E-state index is 0.655. The number of rotatable bonds is 8. The SMILES string of the molecule is CCCCCCOc1ccc(/C=N/O)cc1OC. The molecule has 0 radical (unpaired) electrons. The maximum absolute atomic E-state index is 8.47. The van der Waals surface area contributed by atoms with Crippen LogP contribution in [0.5, 0.6) is 11.5 Å². The Morgan fingerprint density at radius 3 is 2.72 bits per heavy atom. The van der Waals surface area contributed by atoms with Crippen LogP contribution in [-0.2, 0) is 0 Å². The van der Waals surface area contributed by atoms with Crippen LogP contribution >= 0.6 is 0 Å². The van der Waals surface area contributed by atoms with E-state index in [2.05, 4.69) is 12.1 Å². The van der Waals surface area contributed by atoms with Gasteiger partial charge in [-0.3, -0.25) is 0 Å². The van der Waals surface area contributed by atoms with Crippen molar-refractivity contribution in [2.45, 2.75) is 32.6 Å². The van der Waals surface area contributed by atoms with Gasteiger partial charge in [0.1, 0.15) is 0 Å². The van der Waals surface area contributed by atoms with Gasteiger partial charge in [0, 0.05) is 5.56 Å². The highest BCUT2D eigenvalue weighted by Crippen LogP contribution is 2.27. The smallest absolute Gasteiger partial charge is 0.161 e. The third-order valence-electron chi connectivity index (χ3n) is 2.65. The summed E-state index contributed by atoms with van der Waals surface area (Å²) >= 11 is 0. The molecule has 0 aromatic heterocycles. The maximum atomic E-state index is 8.47. The van der Waals surface area contributed by atoms with E-state index in [-0.39, 0.29) is 0 Å². The number of nitrogens with zero attached hydrogens (tertiary/aromatic N) is 1. The van der Waals surface area contributed by atoms with Crippen LogP contribution in [0.15, 0.2) is 23.4 Å². The fourth-order valence-corrected chi connectivity index (χ4v) is 1.66. The Bertz CT molecular complexity index is 377. The summed E-state index contributed by atoms with van der Waals surface area (Å²) in [5, 5.41) is 11.5. The summed E-state index contributed by atoms with van der Waals surface area (Å²) in [4.78, 5) is 0. The van der Waals surface area contributed by atoms with E-state index in [1.807, 2.05) is 12.1 Å². The van der Waals surface area contributed by atoms with E-state index in [1.165, 1.54) is 25.5 Å². The van der Waals surface area contributed by atoms with Gasteiger partial charge in [0.25, 0.3) is 0 Å². The number of ether oxygens (including phenoxy) is 2. The second-order valence-electron chi connectivity index (χ2n) is 4.06. The average Bonchev–Trinajstić information content (AvgIpc) is 2.40. The lowest BCUT2D eigenvalue weighted by Crippen LogP contribution is -2.00. The average molecular weight is 251 g/mol. The van der Waals surface area contributed by atoms with Crippen molar-refractivity contribution in [1.82, 2.24) is 0 Å². The minimum absolute atomic E-state index is 0.655. The summed E-state index contributed by atoms with van der Waals surface area (Å²) in [5.41, 5.74) is 0.771. The molecule has 0 amide bonds. The molecule has 0 bridgehead atoms. The van der Waals surface area contributed by atoms with Gasteiger partial charge in [-0.25, -0.2) is 0 Å². The topological polar surface area (TPSA) is 51.0 Å². The molecule has 0 unspecified atom stereocenters. The monoisotopic (exact) mass is 251 g/mol. The summed E-state index contributed by atoms with van der Waals surface area (Å²) in [6.45, 7) is 2.88. The molecule has 0 heterocycles. The van der Waals surface area contributed by atoms with Crippen molar-refractivity contribution < 1.29 is 14.7 Å². The van der Waals surface area contributed by atoms with Crippen LogP contribution < -0.4 is 9.47 Å². The first-order valence-corrected chi connectivity index (χ1v) is 6.30. The quantitative estimate of drug-likeness (QED) is 0.333. The van der Waals surface area contributed by atoms with Gasteiger partial charge in [-0.2, -0.15) is 0 Å². The van der Waals surface area contributed by atoms with Gasteiger partial charge >= 0.3 is 0 Å². The van der Waals surface area contributed by atoms with Gasteiger partial charge in [-0.1, -0.05) is 31.3 Å². The summed E-state index contributed by atoms with van der Waals surface area (Å²) in [7, 11) is 1.60. The first-order chi connectivity index (χ1) is 8.81. The van der Waals surface area contributed by atoms with Crippen molar-refractivity contribution in [2.24, 2.45) is 5.16 Å². The second-order valence-corrected chi connectivity index (χ2v) is 4.06. The molecule has 0 saturated carbocycles. The normalized spacial score (nSPS) is 10.8. The summed E-state index contributed by atoms with van der Waals surface area (Å²) in [6.07, 6.45) is 6.06. The minimum Gasteiger partial charge on any atom is -0.493 e. The molecule has 0 spiro atoms. The van der Waals surface area contributed by atoms with E-state index >= 15 is 0 Å². The zero-order valence-corrected chi connectivity index (χ0v) is 11.1. The number of hydrogen-bond acceptors (Lipinski definition) is 4. The largest absolute Gasteiger partial charge is 0.493 e. The molecule has 0 atom stereocenters. The van der Waals surface area contributed by atoms with E-state index in [0.29, 0.717) is 12.4 Å². The van der Waals surface area contributed by atoms with Gasteiger partial charge in [-0.15, -0.1) is 0 Å². The molecule has 0 fully saturated rings. The highest BCUT2D eigenvalue weighted by atomic mass is 16.5. The zero-order chi connectivity index (χ0) is 13.2. The Labute approximate surface area is 108 Å². The van der Waals surface area contributed by atoms with Crippen LogP contribution in [0, 0.1) is 0 Å². The van der Waals surface area contributed by atoms with Gasteiger partial charge < -0.3 is 14.7 Å². The van der Waals surface area contributed by atoms with Gasteiger partial charge in [0.15, 0.2) is 11.5 Å². The zero-order valence-electron chi connectivity index (χ0n) is 11.1. The fourth-order valence-electron chi connectivity index (χ4n) is 1.66. The number of unbranched alkanes of at least 4 members (excludes halogenated alkanes) is 3. The summed E-state index contributed by atoms with van der Waals surface area (Å²) in [5.74, 6) is 1.38. The van der Waals surface area contributed by atoms with E-state index in [1.54, 1.807) is 13.2 Å². The second kappa shape index (κ2) is 8.39. The van der Waals surface area contributed by atoms with Crippen molar-refractivity contribution in [2.75, 3.05) is 13.7 Å². The van der Waals surface area contributed by atoms with Crippen molar-refractivity contribution >= 4 is 6.21 Å².